The summed E-state index contributed by atoms with van der Waals surface area (Å²) < 4.78 is 46.6. The second-order valence-electron chi connectivity index (χ2n) is 4.50. The number of benzene rings is 1. The molecule has 6 nitrogen and oxygen atoms in total. The third-order valence-corrected chi connectivity index (χ3v) is 4.37. The normalized spacial score (nSPS) is 11.6. The molecule has 0 amide bonds. The molecule has 0 saturated heterocycles. The lowest BCUT2D eigenvalue weighted by atomic mass is 10.2. The van der Waals surface area contributed by atoms with Gasteiger partial charge >= 0.3 is 0 Å². The van der Waals surface area contributed by atoms with Gasteiger partial charge in [-0.2, -0.15) is 5.10 Å². The molecule has 0 saturated carbocycles. The van der Waals surface area contributed by atoms with Crippen LogP contribution < -0.4 is 4.72 Å². The van der Waals surface area contributed by atoms with Crippen molar-refractivity contribution >= 4 is 15.7 Å². The first-order valence-electron chi connectivity index (χ1n) is 6.23. The number of hydrogen-bond donors (Lipinski definition) is 1. The van der Waals surface area contributed by atoms with Crippen molar-refractivity contribution < 1.29 is 17.5 Å². The van der Waals surface area contributed by atoms with Crippen LogP contribution in [0.3, 0.4) is 0 Å². The highest BCUT2D eigenvalue weighted by molar-refractivity contribution is 7.92. The molecule has 0 aliphatic rings. The molecule has 2 rings (SSSR count). The zero-order valence-corrected chi connectivity index (χ0v) is 12.5. The fraction of sp³-hybridized carbons (Fsp3) is 0.308. The largest absolute Gasteiger partial charge is 0.383 e. The highest BCUT2D eigenvalue weighted by Crippen LogP contribution is 2.20. The highest BCUT2D eigenvalue weighted by Gasteiger charge is 2.18. The lowest BCUT2D eigenvalue weighted by Crippen LogP contribution is -2.14. The van der Waals surface area contributed by atoms with Crippen molar-refractivity contribution in [3.05, 3.63) is 42.0 Å². The van der Waals surface area contributed by atoms with E-state index in [0.29, 0.717) is 24.4 Å². The Kier molecular flexibility index (Phi) is 4.59. The standard InChI is InChI=1S/C13H16FN3O3S/c1-10-3-4-11(14)7-13(10)21(18,19)16-12-8-15-17(9-12)5-6-20-2/h3-4,7-9,16H,5-6H2,1-2H3. The van der Waals surface area contributed by atoms with Gasteiger partial charge in [0.05, 0.1) is 29.9 Å². The molecule has 1 aromatic heterocycles. The molecule has 0 atom stereocenters. The van der Waals surface area contributed by atoms with Crippen LogP contribution in [0.15, 0.2) is 35.5 Å². The second kappa shape index (κ2) is 6.23. The number of nitrogens with one attached hydrogen (secondary N) is 1. The first-order valence-corrected chi connectivity index (χ1v) is 7.71. The molecular formula is C13H16FN3O3S. The van der Waals surface area contributed by atoms with Crippen LogP contribution in [0.2, 0.25) is 0 Å². The molecule has 0 fully saturated rings. The fourth-order valence-electron chi connectivity index (χ4n) is 1.80. The van der Waals surface area contributed by atoms with Crippen molar-refractivity contribution in [3.63, 3.8) is 0 Å². The summed E-state index contributed by atoms with van der Waals surface area (Å²) >= 11 is 0. The molecule has 0 spiro atoms. The van der Waals surface area contributed by atoms with E-state index in [1.807, 2.05) is 0 Å². The highest BCUT2D eigenvalue weighted by atomic mass is 32.2. The van der Waals surface area contributed by atoms with Crippen molar-refractivity contribution in [2.45, 2.75) is 18.4 Å². The van der Waals surface area contributed by atoms with Gasteiger partial charge in [-0.3, -0.25) is 9.40 Å². The second-order valence-corrected chi connectivity index (χ2v) is 6.15. The number of nitrogens with zero attached hydrogens (tertiary/aromatic N) is 2. The molecule has 8 heteroatoms. The van der Waals surface area contributed by atoms with Crippen LogP contribution in [-0.4, -0.2) is 31.9 Å². The Balaban J connectivity index is 2.21. The average molecular weight is 313 g/mol. The van der Waals surface area contributed by atoms with Gasteiger partial charge < -0.3 is 4.74 Å². The van der Waals surface area contributed by atoms with Crippen molar-refractivity contribution in [3.8, 4) is 0 Å². The molecule has 1 heterocycles. The summed E-state index contributed by atoms with van der Waals surface area (Å²) in [7, 11) is -2.28. The molecule has 0 aliphatic heterocycles. The maximum atomic E-state index is 13.2. The zero-order valence-electron chi connectivity index (χ0n) is 11.7. The van der Waals surface area contributed by atoms with Crippen LogP contribution in [0.4, 0.5) is 10.1 Å². The van der Waals surface area contributed by atoms with Crippen LogP contribution in [0, 0.1) is 12.7 Å². The van der Waals surface area contributed by atoms with E-state index in [9.17, 15) is 12.8 Å². The van der Waals surface area contributed by atoms with E-state index in [-0.39, 0.29) is 4.90 Å². The van der Waals surface area contributed by atoms with Gasteiger partial charge in [0.15, 0.2) is 0 Å². The summed E-state index contributed by atoms with van der Waals surface area (Å²) in [6.45, 7) is 2.59. The summed E-state index contributed by atoms with van der Waals surface area (Å²) in [5.41, 5.74) is 0.783. The summed E-state index contributed by atoms with van der Waals surface area (Å²) in [6.07, 6.45) is 2.94. The number of aromatic nitrogens is 2. The number of halogens is 1. The number of sulfonamides is 1. The van der Waals surface area contributed by atoms with Gasteiger partial charge in [0, 0.05) is 13.3 Å². The minimum Gasteiger partial charge on any atom is -0.383 e. The van der Waals surface area contributed by atoms with Crippen molar-refractivity contribution in [1.82, 2.24) is 9.78 Å². The van der Waals surface area contributed by atoms with Gasteiger partial charge in [0.25, 0.3) is 10.0 Å². The van der Waals surface area contributed by atoms with Crippen LogP contribution in [0.1, 0.15) is 5.56 Å². The Morgan fingerprint density at radius 2 is 2.19 bits per heavy atom. The Morgan fingerprint density at radius 3 is 2.90 bits per heavy atom. The summed E-state index contributed by atoms with van der Waals surface area (Å²) in [5.74, 6) is -0.600. The summed E-state index contributed by atoms with van der Waals surface area (Å²) in [6, 6.07) is 3.63. The van der Waals surface area contributed by atoms with Gasteiger partial charge in [-0.1, -0.05) is 6.07 Å². The summed E-state index contributed by atoms with van der Waals surface area (Å²) in [5, 5.41) is 4.01. The first kappa shape index (κ1) is 15.5. The maximum Gasteiger partial charge on any atom is 0.262 e. The van der Waals surface area contributed by atoms with E-state index in [4.69, 9.17) is 4.74 Å². The van der Waals surface area contributed by atoms with Crippen LogP contribution in [0.5, 0.6) is 0 Å². The average Bonchev–Trinajstić information content (AvgIpc) is 2.86. The van der Waals surface area contributed by atoms with E-state index >= 15 is 0 Å². The maximum absolute atomic E-state index is 13.2. The van der Waals surface area contributed by atoms with Crippen LogP contribution in [0.25, 0.3) is 0 Å². The van der Waals surface area contributed by atoms with E-state index in [1.165, 1.54) is 18.3 Å². The molecule has 2 aromatic rings. The van der Waals surface area contributed by atoms with Gasteiger partial charge in [-0.05, 0) is 24.6 Å². The number of methoxy groups -OCH3 is 1. The number of hydrogen-bond acceptors (Lipinski definition) is 4. The lowest BCUT2D eigenvalue weighted by Gasteiger charge is -2.08. The summed E-state index contributed by atoms with van der Waals surface area (Å²) in [4.78, 5) is -0.0906. The molecule has 114 valence electrons. The predicted molar refractivity (Wildman–Crippen MR) is 76.0 cm³/mol. The Bertz CT molecular complexity index is 728. The van der Waals surface area contributed by atoms with Crippen molar-refractivity contribution in [1.29, 1.82) is 0 Å². The SMILES string of the molecule is COCCn1cc(NS(=O)(=O)c2cc(F)ccc2C)cn1. The Morgan fingerprint density at radius 1 is 1.43 bits per heavy atom. The van der Waals surface area contributed by atoms with E-state index in [1.54, 1.807) is 24.9 Å². The first-order chi connectivity index (χ1) is 9.92. The topological polar surface area (TPSA) is 73.2 Å². The Hall–Kier alpha value is -1.93. The number of rotatable bonds is 6. The predicted octanol–water partition coefficient (Wildman–Crippen LogP) is 1.78. The number of ether oxygens (including phenoxy) is 1. The third-order valence-electron chi connectivity index (χ3n) is 2.85. The fourth-order valence-corrected chi connectivity index (χ4v) is 3.08. The molecule has 0 aliphatic carbocycles. The van der Waals surface area contributed by atoms with Crippen molar-refractivity contribution in [2.75, 3.05) is 18.4 Å². The van der Waals surface area contributed by atoms with Gasteiger partial charge in [0.1, 0.15) is 5.82 Å². The quantitative estimate of drug-likeness (QED) is 0.882. The van der Waals surface area contributed by atoms with E-state index in [2.05, 4.69) is 9.82 Å². The minimum atomic E-state index is -3.85. The molecule has 0 radical (unpaired) electrons. The van der Waals surface area contributed by atoms with Gasteiger partial charge in [0.2, 0.25) is 0 Å². The number of aryl methyl sites for hydroxylation is 1. The molecular weight excluding hydrogens is 297 g/mol. The molecule has 1 N–H and O–H groups in total. The lowest BCUT2D eigenvalue weighted by molar-refractivity contribution is 0.183. The van der Waals surface area contributed by atoms with E-state index in [0.717, 1.165) is 6.07 Å². The molecule has 21 heavy (non-hydrogen) atoms. The minimum absolute atomic E-state index is 0.0906. The van der Waals surface area contributed by atoms with E-state index < -0.39 is 15.8 Å². The van der Waals surface area contributed by atoms with Crippen LogP contribution >= 0.6 is 0 Å². The zero-order chi connectivity index (χ0) is 15.5. The molecule has 1 aromatic carbocycles. The monoisotopic (exact) mass is 313 g/mol. The molecule has 0 unspecified atom stereocenters. The Labute approximate surface area is 122 Å². The van der Waals surface area contributed by atoms with Gasteiger partial charge in [-0.25, -0.2) is 12.8 Å². The van der Waals surface area contributed by atoms with Crippen LogP contribution in [-0.2, 0) is 21.3 Å². The number of anilines is 1. The third kappa shape index (κ3) is 3.79. The smallest absolute Gasteiger partial charge is 0.262 e. The van der Waals surface area contributed by atoms with Gasteiger partial charge in [-0.15, -0.1) is 0 Å². The molecule has 0 bridgehead atoms. The van der Waals surface area contributed by atoms with Crippen molar-refractivity contribution in [2.24, 2.45) is 0 Å².